The summed E-state index contributed by atoms with van der Waals surface area (Å²) in [5.41, 5.74) is 0.448. The molecule has 1 aliphatic rings. The number of hydrogen-bond acceptors (Lipinski definition) is 3. The minimum absolute atomic E-state index is 0.163. The molecule has 0 bridgehead atoms. The van der Waals surface area contributed by atoms with Gasteiger partial charge in [0, 0.05) is 13.2 Å². The lowest BCUT2D eigenvalue weighted by Gasteiger charge is -2.15. The average molecular weight is 338 g/mol. The number of benzene rings is 1. The number of rotatable bonds is 4. The highest BCUT2D eigenvalue weighted by atomic mass is 35.5. The number of nitrogens with one attached hydrogen (secondary N) is 1. The molecule has 1 aromatic rings. The molecule has 1 saturated heterocycles. The van der Waals surface area contributed by atoms with Gasteiger partial charge in [0.25, 0.3) is 0 Å². The predicted octanol–water partition coefficient (Wildman–Crippen LogP) is 2.90. The van der Waals surface area contributed by atoms with E-state index in [0.29, 0.717) is 20.8 Å². The van der Waals surface area contributed by atoms with Crippen LogP contribution in [0.1, 0.15) is 6.42 Å². The number of likely N-dealkylation sites (tertiary alicyclic amines) is 1. The first-order valence-corrected chi connectivity index (χ1v) is 7.40. The molecule has 1 fully saturated rings. The molecule has 0 saturated carbocycles. The Morgan fingerprint density at radius 3 is 2.65 bits per heavy atom. The Kier molecular flexibility index (Phi) is 5.52. The minimum Gasteiger partial charge on any atom is -0.396 e. The summed E-state index contributed by atoms with van der Waals surface area (Å²) in [6, 6.07) is 3.03. The molecule has 7 heteroatoms. The summed E-state index contributed by atoms with van der Waals surface area (Å²) >= 11 is 17.7. The second-order valence-electron chi connectivity index (χ2n) is 4.87. The molecule has 4 nitrogen and oxygen atoms in total. The first kappa shape index (κ1) is 15.9. The van der Waals surface area contributed by atoms with Gasteiger partial charge in [0.15, 0.2) is 0 Å². The lowest BCUT2D eigenvalue weighted by molar-refractivity contribution is -0.117. The number of hydrogen-bond donors (Lipinski definition) is 2. The summed E-state index contributed by atoms with van der Waals surface area (Å²) in [6.07, 6.45) is 0.914. The fourth-order valence-electron chi connectivity index (χ4n) is 2.22. The maximum atomic E-state index is 12.0. The second-order valence-corrected chi connectivity index (χ2v) is 6.09. The van der Waals surface area contributed by atoms with Crippen molar-refractivity contribution in [2.24, 2.45) is 5.92 Å². The van der Waals surface area contributed by atoms with Crippen molar-refractivity contribution in [1.82, 2.24) is 4.90 Å². The summed E-state index contributed by atoms with van der Waals surface area (Å²) in [5.74, 6) is 0.0974. The highest BCUT2D eigenvalue weighted by Gasteiger charge is 2.23. The van der Waals surface area contributed by atoms with E-state index in [9.17, 15) is 4.79 Å². The van der Waals surface area contributed by atoms with Gasteiger partial charge in [-0.05, 0) is 31.0 Å². The van der Waals surface area contributed by atoms with Crippen LogP contribution in [0.2, 0.25) is 15.1 Å². The molecule has 2 N–H and O–H groups in total. The van der Waals surface area contributed by atoms with Gasteiger partial charge >= 0.3 is 0 Å². The van der Waals surface area contributed by atoms with Gasteiger partial charge in [0.1, 0.15) is 0 Å². The molecule has 1 unspecified atom stereocenters. The standard InChI is InChI=1S/C13H15Cl3N2O2/c14-9-3-11(16)12(4-10(9)15)17-13(20)6-18-2-1-8(5-18)7-19/h3-4,8,19H,1-2,5-7H2,(H,17,20). The molecule has 2 rings (SSSR count). The average Bonchev–Trinajstić information content (AvgIpc) is 2.83. The van der Waals surface area contributed by atoms with Gasteiger partial charge in [-0.25, -0.2) is 0 Å². The summed E-state index contributed by atoms with van der Waals surface area (Å²) in [4.78, 5) is 14.0. The lowest BCUT2D eigenvalue weighted by Crippen LogP contribution is -2.32. The molecular formula is C13H15Cl3N2O2. The number of aliphatic hydroxyl groups excluding tert-OH is 1. The second kappa shape index (κ2) is 6.96. The van der Waals surface area contributed by atoms with Crippen molar-refractivity contribution in [1.29, 1.82) is 0 Å². The van der Waals surface area contributed by atoms with E-state index in [1.54, 1.807) is 0 Å². The normalized spacial score (nSPS) is 19.3. The van der Waals surface area contributed by atoms with Crippen LogP contribution in [0.3, 0.4) is 0 Å². The number of carbonyl (C=O) groups is 1. The van der Waals surface area contributed by atoms with E-state index in [0.717, 1.165) is 19.5 Å². The first-order valence-electron chi connectivity index (χ1n) is 6.27. The zero-order valence-electron chi connectivity index (χ0n) is 10.7. The van der Waals surface area contributed by atoms with Gasteiger partial charge in [-0.3, -0.25) is 9.69 Å². The molecular weight excluding hydrogens is 323 g/mol. The van der Waals surface area contributed by atoms with Crippen LogP contribution in [0, 0.1) is 5.92 Å². The molecule has 1 atom stereocenters. The van der Waals surface area contributed by atoms with Gasteiger partial charge in [0.05, 0.1) is 27.3 Å². The highest BCUT2D eigenvalue weighted by Crippen LogP contribution is 2.32. The molecule has 1 heterocycles. The summed E-state index contributed by atoms with van der Waals surface area (Å²) in [6.45, 7) is 1.98. The highest BCUT2D eigenvalue weighted by molar-refractivity contribution is 6.44. The Morgan fingerprint density at radius 2 is 2.00 bits per heavy atom. The molecule has 110 valence electrons. The van der Waals surface area contributed by atoms with Crippen LogP contribution < -0.4 is 5.32 Å². The van der Waals surface area contributed by atoms with Crippen LogP contribution in [-0.4, -0.2) is 42.2 Å². The van der Waals surface area contributed by atoms with E-state index in [1.807, 2.05) is 4.90 Å². The van der Waals surface area contributed by atoms with Crippen molar-refractivity contribution in [2.75, 3.05) is 31.6 Å². The summed E-state index contributed by atoms with van der Waals surface area (Å²) < 4.78 is 0. The Morgan fingerprint density at radius 1 is 1.30 bits per heavy atom. The molecule has 0 spiro atoms. The van der Waals surface area contributed by atoms with E-state index in [-0.39, 0.29) is 25.0 Å². The van der Waals surface area contributed by atoms with Crippen molar-refractivity contribution in [3.8, 4) is 0 Å². The third kappa shape index (κ3) is 3.99. The largest absolute Gasteiger partial charge is 0.396 e. The van der Waals surface area contributed by atoms with Crippen molar-refractivity contribution in [3.05, 3.63) is 27.2 Å². The van der Waals surface area contributed by atoms with Crippen LogP contribution in [0.5, 0.6) is 0 Å². The maximum Gasteiger partial charge on any atom is 0.238 e. The minimum atomic E-state index is -0.163. The van der Waals surface area contributed by atoms with Gasteiger partial charge < -0.3 is 10.4 Å². The van der Waals surface area contributed by atoms with E-state index in [2.05, 4.69) is 5.32 Å². The number of nitrogens with zero attached hydrogens (tertiary/aromatic N) is 1. The third-order valence-electron chi connectivity index (χ3n) is 3.28. The van der Waals surface area contributed by atoms with Crippen LogP contribution in [0.15, 0.2) is 12.1 Å². The van der Waals surface area contributed by atoms with E-state index in [4.69, 9.17) is 39.9 Å². The van der Waals surface area contributed by atoms with Crippen LogP contribution in [0.25, 0.3) is 0 Å². The Bertz CT molecular complexity index is 511. The fourth-order valence-corrected chi connectivity index (χ4v) is 2.81. The van der Waals surface area contributed by atoms with Crippen LogP contribution in [-0.2, 0) is 4.79 Å². The van der Waals surface area contributed by atoms with E-state index in [1.165, 1.54) is 12.1 Å². The molecule has 0 aromatic heterocycles. The van der Waals surface area contributed by atoms with Gasteiger partial charge in [-0.2, -0.15) is 0 Å². The number of halogens is 3. The maximum absolute atomic E-state index is 12.0. The lowest BCUT2D eigenvalue weighted by atomic mass is 10.1. The summed E-state index contributed by atoms with van der Waals surface area (Å²) in [7, 11) is 0. The molecule has 20 heavy (non-hydrogen) atoms. The van der Waals surface area contributed by atoms with E-state index >= 15 is 0 Å². The molecule has 0 aliphatic carbocycles. The van der Waals surface area contributed by atoms with Crippen molar-refractivity contribution in [2.45, 2.75) is 6.42 Å². The topological polar surface area (TPSA) is 52.6 Å². The Hall–Kier alpha value is -0.520. The van der Waals surface area contributed by atoms with Gasteiger partial charge in [0.2, 0.25) is 5.91 Å². The van der Waals surface area contributed by atoms with Crippen molar-refractivity contribution in [3.63, 3.8) is 0 Å². The van der Waals surface area contributed by atoms with Crippen LogP contribution >= 0.6 is 34.8 Å². The predicted molar refractivity (Wildman–Crippen MR) is 81.7 cm³/mol. The SMILES string of the molecule is O=C(CN1CCC(CO)C1)Nc1cc(Cl)c(Cl)cc1Cl. The van der Waals surface area contributed by atoms with Crippen molar-refractivity contribution >= 4 is 46.4 Å². The Balaban J connectivity index is 1.93. The molecule has 1 aliphatic heterocycles. The van der Waals surface area contributed by atoms with Crippen LogP contribution in [0.4, 0.5) is 5.69 Å². The molecule has 1 aromatic carbocycles. The molecule has 1 amide bonds. The summed E-state index contributed by atoms with van der Waals surface area (Å²) in [5, 5.41) is 12.8. The van der Waals surface area contributed by atoms with Gasteiger partial charge in [-0.15, -0.1) is 0 Å². The number of carbonyl (C=O) groups excluding carboxylic acids is 1. The Labute approximate surface area is 132 Å². The number of aliphatic hydroxyl groups is 1. The van der Waals surface area contributed by atoms with E-state index < -0.39 is 0 Å². The smallest absolute Gasteiger partial charge is 0.238 e. The third-order valence-corrected chi connectivity index (χ3v) is 4.31. The number of amides is 1. The fraction of sp³-hybridized carbons (Fsp3) is 0.462. The monoisotopic (exact) mass is 336 g/mol. The number of anilines is 1. The van der Waals surface area contributed by atoms with Crippen molar-refractivity contribution < 1.29 is 9.90 Å². The first-order chi connectivity index (χ1) is 9.49. The zero-order valence-corrected chi connectivity index (χ0v) is 13.0. The zero-order chi connectivity index (χ0) is 14.7. The molecule has 0 radical (unpaired) electrons. The quantitative estimate of drug-likeness (QED) is 0.831. The van der Waals surface area contributed by atoms with Gasteiger partial charge in [-0.1, -0.05) is 34.8 Å².